The minimum absolute atomic E-state index is 0.208. The van der Waals surface area contributed by atoms with Gasteiger partial charge in [-0.05, 0) is 42.8 Å². The largest absolute Gasteiger partial charge is 0.368 e. The maximum atomic E-state index is 6.10. The van der Waals surface area contributed by atoms with E-state index in [2.05, 4.69) is 31.2 Å². The standard InChI is InChI=1S/C17H14BrClN4/c1-10-5-6-12(19)8-14(10)15-9-16(23-17(20)22-15)21-13-4-2-3-11(18)7-13/h2-9H,1H3,(H3,20,21,22,23). The molecule has 0 bridgehead atoms. The average molecular weight is 390 g/mol. The van der Waals surface area contributed by atoms with Crippen LogP contribution in [0.2, 0.25) is 5.02 Å². The van der Waals surface area contributed by atoms with Crippen LogP contribution in [0.4, 0.5) is 17.5 Å². The first kappa shape index (κ1) is 15.8. The van der Waals surface area contributed by atoms with Crippen LogP contribution in [-0.4, -0.2) is 9.97 Å². The third-order valence-electron chi connectivity index (χ3n) is 3.32. The molecule has 0 amide bonds. The fraction of sp³-hybridized carbons (Fsp3) is 0.0588. The molecule has 4 nitrogen and oxygen atoms in total. The SMILES string of the molecule is Cc1ccc(Cl)cc1-c1cc(Nc2cccc(Br)c2)nc(N)n1. The molecule has 116 valence electrons. The smallest absolute Gasteiger partial charge is 0.222 e. The lowest BCUT2D eigenvalue weighted by atomic mass is 10.1. The van der Waals surface area contributed by atoms with Crippen LogP contribution in [0.15, 0.2) is 53.0 Å². The van der Waals surface area contributed by atoms with E-state index in [4.69, 9.17) is 17.3 Å². The maximum Gasteiger partial charge on any atom is 0.222 e. The number of aryl methyl sites for hydroxylation is 1. The average Bonchev–Trinajstić information content (AvgIpc) is 2.49. The van der Waals surface area contributed by atoms with Gasteiger partial charge in [0.1, 0.15) is 5.82 Å². The number of nitrogens with one attached hydrogen (secondary N) is 1. The van der Waals surface area contributed by atoms with E-state index in [1.165, 1.54) is 0 Å². The minimum atomic E-state index is 0.208. The van der Waals surface area contributed by atoms with E-state index < -0.39 is 0 Å². The minimum Gasteiger partial charge on any atom is -0.368 e. The second kappa shape index (κ2) is 6.56. The lowest BCUT2D eigenvalue weighted by Crippen LogP contribution is -2.02. The highest BCUT2D eigenvalue weighted by molar-refractivity contribution is 9.10. The van der Waals surface area contributed by atoms with Crippen molar-refractivity contribution in [1.82, 2.24) is 9.97 Å². The summed E-state index contributed by atoms with van der Waals surface area (Å²) in [7, 11) is 0. The molecule has 0 fully saturated rings. The molecule has 3 aromatic rings. The molecule has 0 aliphatic rings. The number of anilines is 3. The van der Waals surface area contributed by atoms with Gasteiger partial charge in [-0.25, -0.2) is 4.98 Å². The summed E-state index contributed by atoms with van der Waals surface area (Å²) in [6.45, 7) is 2.01. The molecule has 2 aromatic carbocycles. The molecule has 6 heteroatoms. The lowest BCUT2D eigenvalue weighted by molar-refractivity contribution is 1.18. The van der Waals surface area contributed by atoms with Crippen molar-refractivity contribution >= 4 is 45.0 Å². The van der Waals surface area contributed by atoms with Gasteiger partial charge in [0.2, 0.25) is 5.95 Å². The Bertz CT molecular complexity index is 867. The molecule has 1 heterocycles. The van der Waals surface area contributed by atoms with Gasteiger partial charge >= 0.3 is 0 Å². The maximum absolute atomic E-state index is 6.10. The van der Waals surface area contributed by atoms with Crippen molar-refractivity contribution in [2.24, 2.45) is 0 Å². The molecule has 0 radical (unpaired) electrons. The Kier molecular flexibility index (Phi) is 4.50. The van der Waals surface area contributed by atoms with Gasteiger partial charge in [-0.1, -0.05) is 39.7 Å². The molecule has 1 aromatic heterocycles. The number of nitrogen functional groups attached to an aromatic ring is 1. The van der Waals surface area contributed by atoms with Crippen molar-refractivity contribution in [2.75, 3.05) is 11.1 Å². The highest BCUT2D eigenvalue weighted by Gasteiger charge is 2.09. The van der Waals surface area contributed by atoms with Crippen LogP contribution >= 0.6 is 27.5 Å². The van der Waals surface area contributed by atoms with Crippen molar-refractivity contribution in [3.8, 4) is 11.3 Å². The van der Waals surface area contributed by atoms with Crippen molar-refractivity contribution in [1.29, 1.82) is 0 Å². The second-order valence-corrected chi connectivity index (χ2v) is 6.44. The highest BCUT2D eigenvalue weighted by atomic mass is 79.9. The van der Waals surface area contributed by atoms with Gasteiger partial charge < -0.3 is 11.1 Å². The summed E-state index contributed by atoms with van der Waals surface area (Å²) >= 11 is 9.54. The van der Waals surface area contributed by atoms with Crippen molar-refractivity contribution in [3.05, 3.63) is 63.6 Å². The van der Waals surface area contributed by atoms with Gasteiger partial charge in [0.05, 0.1) is 5.69 Å². The molecule has 0 aliphatic carbocycles. The number of rotatable bonds is 3. The first-order valence-electron chi connectivity index (χ1n) is 6.95. The van der Waals surface area contributed by atoms with E-state index in [1.807, 2.05) is 55.5 Å². The lowest BCUT2D eigenvalue weighted by Gasteiger charge is -2.10. The number of nitrogens with zero attached hydrogens (tertiary/aromatic N) is 2. The highest BCUT2D eigenvalue weighted by Crippen LogP contribution is 2.28. The Morgan fingerprint density at radius 1 is 1.09 bits per heavy atom. The van der Waals surface area contributed by atoms with Gasteiger partial charge in [-0.2, -0.15) is 4.98 Å². The van der Waals surface area contributed by atoms with Crippen LogP contribution in [0.5, 0.6) is 0 Å². The summed E-state index contributed by atoms with van der Waals surface area (Å²) in [4.78, 5) is 8.57. The molecular weight excluding hydrogens is 376 g/mol. The van der Waals surface area contributed by atoms with E-state index in [0.717, 1.165) is 27.0 Å². The van der Waals surface area contributed by atoms with Gasteiger partial charge in [-0.15, -0.1) is 0 Å². The van der Waals surface area contributed by atoms with Crippen LogP contribution < -0.4 is 11.1 Å². The van der Waals surface area contributed by atoms with Gasteiger partial charge in [-0.3, -0.25) is 0 Å². The molecular formula is C17H14BrClN4. The van der Waals surface area contributed by atoms with Crippen LogP contribution in [0.1, 0.15) is 5.56 Å². The monoisotopic (exact) mass is 388 g/mol. The summed E-state index contributed by atoms with van der Waals surface area (Å²) in [5.41, 5.74) is 9.51. The third kappa shape index (κ3) is 3.81. The summed E-state index contributed by atoms with van der Waals surface area (Å²) < 4.78 is 0.982. The number of halogens is 2. The summed E-state index contributed by atoms with van der Waals surface area (Å²) in [6.07, 6.45) is 0. The van der Waals surface area contributed by atoms with Crippen LogP contribution in [0, 0.1) is 6.92 Å². The second-order valence-electron chi connectivity index (χ2n) is 5.09. The number of hydrogen-bond acceptors (Lipinski definition) is 4. The molecule has 0 aliphatic heterocycles. The zero-order chi connectivity index (χ0) is 16.4. The normalized spacial score (nSPS) is 10.6. The summed E-state index contributed by atoms with van der Waals surface area (Å²) in [5.74, 6) is 0.837. The third-order valence-corrected chi connectivity index (χ3v) is 4.04. The number of aromatic nitrogens is 2. The van der Waals surface area contributed by atoms with Crippen molar-refractivity contribution in [2.45, 2.75) is 6.92 Å². The Balaban J connectivity index is 2.01. The molecule has 0 atom stereocenters. The van der Waals surface area contributed by atoms with Crippen molar-refractivity contribution in [3.63, 3.8) is 0 Å². The molecule has 0 saturated heterocycles. The first-order chi connectivity index (χ1) is 11.0. The Morgan fingerprint density at radius 2 is 1.91 bits per heavy atom. The zero-order valence-electron chi connectivity index (χ0n) is 12.3. The van der Waals surface area contributed by atoms with Gasteiger partial charge in [0, 0.05) is 26.8 Å². The number of nitrogens with two attached hydrogens (primary N) is 1. The Labute approximate surface area is 147 Å². The topological polar surface area (TPSA) is 63.8 Å². The van der Waals surface area contributed by atoms with Gasteiger partial charge in [0.15, 0.2) is 0 Å². The fourth-order valence-corrected chi connectivity index (χ4v) is 2.82. The van der Waals surface area contributed by atoms with E-state index in [0.29, 0.717) is 10.8 Å². The van der Waals surface area contributed by atoms with E-state index in [9.17, 15) is 0 Å². The molecule has 0 spiro atoms. The van der Waals surface area contributed by atoms with Crippen LogP contribution in [-0.2, 0) is 0 Å². The van der Waals surface area contributed by atoms with E-state index >= 15 is 0 Å². The molecule has 0 unspecified atom stereocenters. The molecule has 23 heavy (non-hydrogen) atoms. The van der Waals surface area contributed by atoms with Crippen LogP contribution in [0.25, 0.3) is 11.3 Å². The van der Waals surface area contributed by atoms with Crippen molar-refractivity contribution < 1.29 is 0 Å². The first-order valence-corrected chi connectivity index (χ1v) is 8.12. The molecule has 0 saturated carbocycles. The summed E-state index contributed by atoms with van der Waals surface area (Å²) in [6, 6.07) is 15.4. The predicted molar refractivity (Wildman–Crippen MR) is 99.1 cm³/mol. The number of hydrogen-bond donors (Lipinski definition) is 2. The number of benzene rings is 2. The van der Waals surface area contributed by atoms with Crippen LogP contribution in [0.3, 0.4) is 0 Å². The Morgan fingerprint density at radius 3 is 2.70 bits per heavy atom. The molecule has 3 rings (SSSR count). The molecule has 3 N–H and O–H groups in total. The van der Waals surface area contributed by atoms with E-state index in [1.54, 1.807) is 0 Å². The Hall–Kier alpha value is -2.11. The summed E-state index contributed by atoms with van der Waals surface area (Å²) in [5, 5.41) is 3.89. The fourth-order valence-electron chi connectivity index (χ4n) is 2.25. The zero-order valence-corrected chi connectivity index (χ0v) is 14.7. The van der Waals surface area contributed by atoms with E-state index in [-0.39, 0.29) is 5.95 Å². The predicted octanol–water partition coefficient (Wildman–Crippen LogP) is 5.19. The quantitative estimate of drug-likeness (QED) is 0.646. The van der Waals surface area contributed by atoms with Gasteiger partial charge in [0.25, 0.3) is 0 Å².